The van der Waals surface area contributed by atoms with Crippen LogP contribution < -0.4 is 59.1 Å². The van der Waals surface area contributed by atoms with Gasteiger partial charge in [0, 0.05) is 26.2 Å². The minimum atomic E-state index is -4.29. The molecule has 0 aromatic carbocycles. The Morgan fingerprint density at radius 2 is 1.03 bits per heavy atom. The molecule has 15 heteroatoms. The minimum Gasteiger partial charge on any atom is -0.748 e. The number of hydrogen-bond acceptors (Lipinski definition) is 11. The Morgan fingerprint density at radius 3 is 1.20 bits per heavy atom. The van der Waals surface area contributed by atoms with Crippen molar-refractivity contribution in [3.8, 4) is 0 Å². The molecule has 0 radical (unpaired) electrons. The van der Waals surface area contributed by atoms with Crippen molar-refractivity contribution in [3.05, 3.63) is 25.3 Å². The first kappa shape index (κ1) is 41.4. The van der Waals surface area contributed by atoms with Crippen LogP contribution in [0.4, 0.5) is 0 Å². The molecule has 0 saturated carbocycles. The van der Waals surface area contributed by atoms with E-state index >= 15 is 0 Å². The Balaban J connectivity index is -0.000000112. The first-order valence-electron chi connectivity index (χ1n) is 8.08. The molecule has 0 aliphatic heterocycles. The standard InChI is InChI=1S/C7H13N.C5H13NO6S2.C3H9NO2.2Na/c1-4-6-8(3)7-5-2;1-6(2-4-13(7,8)9)3-5-14(10,11)12;1-4(2-5)3-6;;/h4-5H,1-2,6-7H2,3H3;2-5H2,1H3,(H,7,8,9)(H,10,11,12);5-6H,2-3H2,1H3;;/q;;;2*+1/p-2. The van der Waals surface area contributed by atoms with Crippen LogP contribution in [-0.4, -0.2) is 123 Å². The first-order chi connectivity index (χ1) is 12.7. The molecule has 0 atom stereocenters. The van der Waals surface area contributed by atoms with Crippen molar-refractivity contribution in [2.75, 3.05) is 72.3 Å². The number of rotatable bonds is 12. The van der Waals surface area contributed by atoms with Gasteiger partial charge in [-0.1, -0.05) is 12.2 Å². The van der Waals surface area contributed by atoms with Crippen LogP contribution >= 0.6 is 0 Å². The van der Waals surface area contributed by atoms with Crippen LogP contribution in [0.5, 0.6) is 0 Å². The summed E-state index contributed by atoms with van der Waals surface area (Å²) in [7, 11) is -3.52. The number of nitrogens with zero attached hydrogens (tertiary/aromatic N) is 3. The molecular weight excluding hydrogens is 460 g/mol. The summed E-state index contributed by atoms with van der Waals surface area (Å²) in [6.07, 6.45) is 3.76. The fourth-order valence-corrected chi connectivity index (χ4v) is 2.28. The Morgan fingerprint density at radius 1 is 0.733 bits per heavy atom. The number of likely N-dealkylation sites (N-methyl/N-ethyl adjacent to an activating group) is 1. The summed E-state index contributed by atoms with van der Waals surface area (Å²) in [5, 5.41) is 16.2. The Bertz CT molecular complexity index is 557. The van der Waals surface area contributed by atoms with Gasteiger partial charge < -0.3 is 24.2 Å². The van der Waals surface area contributed by atoms with Crippen LogP contribution in [0.25, 0.3) is 0 Å². The summed E-state index contributed by atoms with van der Waals surface area (Å²) in [5.74, 6) is -1.19. The van der Waals surface area contributed by atoms with Gasteiger partial charge in [0.25, 0.3) is 0 Å². The van der Waals surface area contributed by atoms with Crippen molar-refractivity contribution in [2.24, 2.45) is 0 Å². The minimum absolute atomic E-state index is 0. The SMILES string of the molecule is C=CCN(C)CC=C.CN(CCS(=O)(=O)[O-])CCS(=O)(=O)[O-].CN(CO)CO.[Na+].[Na+]. The largest absolute Gasteiger partial charge is 1.00 e. The number of aliphatic hydroxyl groups excluding tert-OH is 2. The van der Waals surface area contributed by atoms with Crippen molar-refractivity contribution in [2.45, 2.75) is 0 Å². The molecule has 0 unspecified atom stereocenters. The molecule has 11 nitrogen and oxygen atoms in total. The summed E-state index contributed by atoms with van der Waals surface area (Å²) in [6, 6.07) is 0. The van der Waals surface area contributed by atoms with E-state index in [0.717, 1.165) is 13.1 Å². The van der Waals surface area contributed by atoms with E-state index in [9.17, 15) is 25.9 Å². The average molecular weight is 494 g/mol. The second kappa shape index (κ2) is 24.7. The van der Waals surface area contributed by atoms with Gasteiger partial charge in [-0.25, -0.2) is 16.8 Å². The fraction of sp³-hybridized carbons (Fsp3) is 0.733. The molecule has 0 heterocycles. The number of hydrogen-bond donors (Lipinski definition) is 2. The smallest absolute Gasteiger partial charge is 0.748 e. The maximum absolute atomic E-state index is 10.2. The van der Waals surface area contributed by atoms with Crippen molar-refractivity contribution in [1.29, 1.82) is 0 Å². The zero-order valence-electron chi connectivity index (χ0n) is 18.7. The third kappa shape index (κ3) is 43.1. The van der Waals surface area contributed by atoms with Crippen LogP contribution in [0.15, 0.2) is 25.3 Å². The van der Waals surface area contributed by atoms with Crippen LogP contribution in [0.3, 0.4) is 0 Å². The molecule has 0 fully saturated rings. The average Bonchev–Trinajstić information content (AvgIpc) is 2.57. The van der Waals surface area contributed by atoms with Gasteiger partial charge in [-0.2, -0.15) is 0 Å². The van der Waals surface area contributed by atoms with Crippen LogP contribution in [0, 0.1) is 0 Å². The van der Waals surface area contributed by atoms with Crippen molar-refractivity contribution in [1.82, 2.24) is 14.7 Å². The summed E-state index contributed by atoms with van der Waals surface area (Å²) in [5.41, 5.74) is 0. The molecule has 0 saturated heterocycles. The summed E-state index contributed by atoms with van der Waals surface area (Å²) < 4.78 is 61.0. The van der Waals surface area contributed by atoms with Gasteiger partial charge in [-0.3, -0.25) is 9.80 Å². The second-order valence-electron chi connectivity index (χ2n) is 5.76. The van der Waals surface area contributed by atoms with Crippen LogP contribution in [-0.2, 0) is 20.2 Å². The van der Waals surface area contributed by atoms with Gasteiger partial charge in [-0.15, -0.1) is 13.2 Å². The monoisotopic (exact) mass is 493 g/mol. The van der Waals surface area contributed by atoms with E-state index in [-0.39, 0.29) is 85.7 Å². The normalized spacial score (nSPS) is 10.7. The van der Waals surface area contributed by atoms with E-state index in [1.54, 1.807) is 7.05 Å². The van der Waals surface area contributed by atoms with E-state index in [0.29, 0.717) is 0 Å². The molecule has 2 N–H and O–H groups in total. The number of aliphatic hydroxyl groups is 2. The topological polar surface area (TPSA) is 165 Å². The second-order valence-corrected chi connectivity index (χ2v) is 8.81. The summed E-state index contributed by atoms with van der Waals surface area (Å²) in [4.78, 5) is 4.78. The van der Waals surface area contributed by atoms with Crippen molar-refractivity contribution in [3.63, 3.8) is 0 Å². The van der Waals surface area contributed by atoms with Crippen molar-refractivity contribution >= 4 is 20.2 Å². The van der Waals surface area contributed by atoms with E-state index in [2.05, 4.69) is 18.1 Å². The van der Waals surface area contributed by atoms with Crippen molar-refractivity contribution < 1.29 is 95.3 Å². The molecular formula is C15H33N3Na2O8S2. The van der Waals surface area contributed by atoms with Gasteiger partial charge in [0.05, 0.1) is 45.2 Å². The van der Waals surface area contributed by atoms with E-state index in [1.807, 2.05) is 19.2 Å². The maximum atomic E-state index is 10.2. The zero-order valence-corrected chi connectivity index (χ0v) is 24.4. The zero-order chi connectivity index (χ0) is 22.8. The summed E-state index contributed by atoms with van der Waals surface area (Å²) in [6.45, 7) is 8.75. The van der Waals surface area contributed by atoms with Gasteiger partial charge in [0.2, 0.25) is 0 Å². The Labute approximate surface area is 225 Å². The van der Waals surface area contributed by atoms with E-state index in [1.165, 1.54) is 16.8 Å². The maximum Gasteiger partial charge on any atom is 1.00 e. The molecule has 0 rings (SSSR count). The molecule has 0 amide bonds. The molecule has 0 spiro atoms. The Hall–Kier alpha value is 1.10. The van der Waals surface area contributed by atoms with E-state index < -0.39 is 31.7 Å². The fourth-order valence-electron chi connectivity index (χ4n) is 1.21. The Kier molecular flexibility index (Phi) is 34.1. The third-order valence-corrected chi connectivity index (χ3v) is 4.18. The quantitative estimate of drug-likeness (QED) is 0.115. The molecule has 170 valence electrons. The molecule has 30 heavy (non-hydrogen) atoms. The van der Waals surface area contributed by atoms with Crippen LogP contribution in [0.1, 0.15) is 0 Å². The van der Waals surface area contributed by atoms with Gasteiger partial charge in [0.1, 0.15) is 0 Å². The molecule has 0 bridgehead atoms. The molecule has 0 aliphatic rings. The van der Waals surface area contributed by atoms with E-state index in [4.69, 9.17) is 10.2 Å². The third-order valence-electron chi connectivity index (χ3n) is 2.81. The van der Waals surface area contributed by atoms with Gasteiger partial charge >= 0.3 is 59.1 Å². The van der Waals surface area contributed by atoms with Crippen LogP contribution in [0.2, 0.25) is 0 Å². The first-order valence-corrected chi connectivity index (χ1v) is 11.2. The predicted molar refractivity (Wildman–Crippen MR) is 106 cm³/mol. The van der Waals surface area contributed by atoms with Gasteiger partial charge in [0.15, 0.2) is 0 Å². The molecule has 0 aliphatic carbocycles. The van der Waals surface area contributed by atoms with Gasteiger partial charge in [-0.05, 0) is 21.1 Å². The molecule has 0 aromatic heterocycles. The molecule has 0 aromatic rings. The summed E-state index contributed by atoms with van der Waals surface area (Å²) >= 11 is 0. The predicted octanol–water partition coefficient (Wildman–Crippen LogP) is -7.88.